The van der Waals surface area contributed by atoms with E-state index >= 15 is 0 Å². The molecule has 1 N–H and O–H groups in total. The molecule has 3 rings (SSSR count). The number of likely N-dealkylation sites (tertiary alicyclic amines) is 1. The second-order valence-electron chi connectivity index (χ2n) is 7.43. The number of nitrogens with zero attached hydrogens (tertiary/aromatic N) is 1. The van der Waals surface area contributed by atoms with Crippen LogP contribution in [0.4, 0.5) is 5.69 Å². The summed E-state index contributed by atoms with van der Waals surface area (Å²) in [6.07, 6.45) is 3.31. The van der Waals surface area contributed by atoms with E-state index in [9.17, 15) is 14.4 Å². The van der Waals surface area contributed by atoms with Gasteiger partial charge in [-0.2, -0.15) is 0 Å². The summed E-state index contributed by atoms with van der Waals surface area (Å²) in [5.41, 5.74) is 1.04. The van der Waals surface area contributed by atoms with Crippen LogP contribution in [0.5, 0.6) is 0 Å². The van der Waals surface area contributed by atoms with Crippen molar-refractivity contribution in [3.63, 3.8) is 0 Å². The number of nitrogens with one attached hydrogen (secondary N) is 1. The van der Waals surface area contributed by atoms with E-state index < -0.39 is 17.7 Å². The van der Waals surface area contributed by atoms with Crippen LogP contribution in [0.1, 0.15) is 44.0 Å². The van der Waals surface area contributed by atoms with Gasteiger partial charge in [-0.05, 0) is 43.0 Å². The minimum absolute atomic E-state index is 0.0217. The highest BCUT2D eigenvalue weighted by atomic mass is 16.7. The molecular formula is C20H24N2O5. The smallest absolute Gasteiger partial charge is 0.350 e. The predicted octanol–water partition coefficient (Wildman–Crippen LogP) is 2.69. The number of benzene rings is 1. The van der Waals surface area contributed by atoms with E-state index in [0.29, 0.717) is 17.2 Å². The van der Waals surface area contributed by atoms with Gasteiger partial charge in [-0.15, -0.1) is 0 Å². The fraction of sp³-hybridized carbons (Fsp3) is 0.450. The molecule has 1 amide bonds. The zero-order valence-corrected chi connectivity index (χ0v) is 15.8. The lowest BCUT2D eigenvalue weighted by atomic mass is 9.98. The number of carbonyl (C=O) groups is 3. The van der Waals surface area contributed by atoms with E-state index in [4.69, 9.17) is 9.47 Å². The fourth-order valence-electron chi connectivity index (χ4n) is 3.04. The van der Waals surface area contributed by atoms with Crippen LogP contribution in [0, 0.1) is 5.92 Å². The average Bonchev–Trinajstić information content (AvgIpc) is 2.60. The number of piperidine rings is 1. The van der Waals surface area contributed by atoms with E-state index in [1.807, 2.05) is 4.90 Å². The molecule has 27 heavy (non-hydrogen) atoms. The Morgan fingerprint density at radius 3 is 2.22 bits per heavy atom. The zero-order chi connectivity index (χ0) is 19.6. The first-order valence-corrected chi connectivity index (χ1v) is 9.08. The average molecular weight is 372 g/mol. The Kier molecular flexibility index (Phi) is 5.21. The first-order chi connectivity index (χ1) is 12.7. The lowest BCUT2D eigenvalue weighted by Gasteiger charge is -2.30. The number of rotatable bonds is 3. The van der Waals surface area contributed by atoms with Gasteiger partial charge in [-0.1, -0.05) is 6.92 Å². The molecule has 144 valence electrons. The third-order valence-electron chi connectivity index (χ3n) is 4.70. The Morgan fingerprint density at radius 2 is 1.67 bits per heavy atom. The summed E-state index contributed by atoms with van der Waals surface area (Å²) in [6.45, 7) is 6.76. The molecule has 2 fully saturated rings. The molecule has 0 aromatic heterocycles. The Balaban J connectivity index is 1.63. The largest absolute Gasteiger partial charge is 0.419 e. The summed E-state index contributed by atoms with van der Waals surface area (Å²) >= 11 is 0. The molecule has 0 saturated carbocycles. The summed E-state index contributed by atoms with van der Waals surface area (Å²) in [5.74, 6) is -2.06. The van der Waals surface area contributed by atoms with E-state index in [0.717, 1.165) is 25.9 Å². The molecule has 0 radical (unpaired) electrons. The monoisotopic (exact) mass is 372 g/mol. The Hall–Kier alpha value is -2.83. The van der Waals surface area contributed by atoms with Crippen LogP contribution in [0.3, 0.4) is 0 Å². The highest BCUT2D eigenvalue weighted by Gasteiger charge is 2.38. The Morgan fingerprint density at radius 1 is 1.11 bits per heavy atom. The first kappa shape index (κ1) is 18.9. The Bertz CT molecular complexity index is 752. The lowest BCUT2D eigenvalue weighted by Crippen LogP contribution is -2.42. The van der Waals surface area contributed by atoms with Gasteiger partial charge < -0.3 is 19.7 Å². The van der Waals surface area contributed by atoms with Gasteiger partial charge in [0.25, 0.3) is 11.7 Å². The van der Waals surface area contributed by atoms with Gasteiger partial charge in [0, 0.05) is 44.4 Å². The van der Waals surface area contributed by atoms with Gasteiger partial charge in [0.15, 0.2) is 5.57 Å². The van der Waals surface area contributed by atoms with E-state index in [-0.39, 0.29) is 11.5 Å². The maximum atomic E-state index is 12.5. The molecule has 7 heteroatoms. The first-order valence-electron chi connectivity index (χ1n) is 9.08. The van der Waals surface area contributed by atoms with Crippen LogP contribution in [0.2, 0.25) is 0 Å². The fourth-order valence-corrected chi connectivity index (χ4v) is 3.04. The standard InChI is InChI=1S/C20H24N2O5/c1-13-8-10-22(11-9-13)17(23)14-4-6-15(7-5-14)21-12-16-18(24)26-20(2,3)27-19(16)25/h4-7,12-13,21H,8-11H2,1-3H3. The summed E-state index contributed by atoms with van der Waals surface area (Å²) in [4.78, 5) is 38.2. The number of cyclic esters (lactones) is 2. The van der Waals surface area contributed by atoms with E-state index in [2.05, 4.69) is 12.2 Å². The lowest BCUT2D eigenvalue weighted by molar-refractivity contribution is -0.222. The van der Waals surface area contributed by atoms with Gasteiger partial charge in [0.1, 0.15) is 0 Å². The maximum Gasteiger partial charge on any atom is 0.350 e. The van der Waals surface area contributed by atoms with Gasteiger partial charge in [-0.25, -0.2) is 9.59 Å². The molecule has 2 saturated heterocycles. The third kappa shape index (κ3) is 4.48. The highest BCUT2D eigenvalue weighted by Crippen LogP contribution is 2.23. The second-order valence-corrected chi connectivity index (χ2v) is 7.43. The van der Waals surface area contributed by atoms with E-state index in [1.54, 1.807) is 24.3 Å². The molecule has 7 nitrogen and oxygen atoms in total. The molecule has 0 atom stereocenters. The molecule has 1 aromatic rings. The van der Waals surface area contributed by atoms with Gasteiger partial charge in [0.2, 0.25) is 0 Å². The molecule has 0 bridgehead atoms. The quantitative estimate of drug-likeness (QED) is 0.499. The number of hydrogen-bond acceptors (Lipinski definition) is 6. The minimum Gasteiger partial charge on any atom is -0.419 e. The van der Waals surface area contributed by atoms with Crippen LogP contribution in [0.25, 0.3) is 0 Å². The third-order valence-corrected chi connectivity index (χ3v) is 4.70. The molecule has 2 heterocycles. The molecule has 0 aliphatic carbocycles. The molecule has 0 spiro atoms. The van der Waals surface area contributed by atoms with Crippen molar-refractivity contribution in [3.8, 4) is 0 Å². The number of carbonyl (C=O) groups excluding carboxylic acids is 3. The van der Waals surface area contributed by atoms with Crippen molar-refractivity contribution < 1.29 is 23.9 Å². The number of anilines is 1. The molecular weight excluding hydrogens is 348 g/mol. The SMILES string of the molecule is CC1CCN(C(=O)c2ccc(NC=C3C(=O)OC(C)(C)OC3=O)cc2)CC1. The van der Waals surface area contributed by atoms with Crippen LogP contribution in [-0.2, 0) is 19.1 Å². The highest BCUT2D eigenvalue weighted by molar-refractivity contribution is 6.15. The van der Waals surface area contributed by atoms with Crippen molar-refractivity contribution in [2.24, 2.45) is 5.92 Å². The minimum atomic E-state index is -1.26. The second kappa shape index (κ2) is 7.42. The maximum absolute atomic E-state index is 12.5. The van der Waals surface area contributed by atoms with E-state index in [1.165, 1.54) is 20.0 Å². The van der Waals surface area contributed by atoms with Crippen LogP contribution in [-0.4, -0.2) is 41.6 Å². The normalized spacial score (nSPS) is 20.0. The summed E-state index contributed by atoms with van der Waals surface area (Å²) < 4.78 is 10.1. The van der Waals surface area contributed by atoms with Crippen LogP contribution >= 0.6 is 0 Å². The number of amides is 1. The Labute approximate surface area is 158 Å². The predicted molar refractivity (Wildman–Crippen MR) is 98.7 cm³/mol. The molecule has 2 aliphatic rings. The van der Waals surface area contributed by atoms with Crippen molar-refractivity contribution >= 4 is 23.5 Å². The summed E-state index contributed by atoms with van der Waals surface area (Å²) in [6, 6.07) is 6.89. The molecule has 1 aromatic carbocycles. The van der Waals surface area contributed by atoms with Crippen molar-refractivity contribution in [2.45, 2.75) is 39.4 Å². The number of ether oxygens (including phenoxy) is 2. The topological polar surface area (TPSA) is 84.9 Å². The summed E-state index contributed by atoms with van der Waals surface area (Å²) in [7, 11) is 0. The number of hydrogen-bond donors (Lipinski definition) is 1. The van der Waals surface area contributed by atoms with Gasteiger partial charge in [0.05, 0.1) is 0 Å². The zero-order valence-electron chi connectivity index (χ0n) is 15.8. The van der Waals surface area contributed by atoms with Gasteiger partial charge in [-0.3, -0.25) is 4.79 Å². The van der Waals surface area contributed by atoms with Crippen LogP contribution in [0.15, 0.2) is 36.0 Å². The molecule has 2 aliphatic heterocycles. The van der Waals surface area contributed by atoms with Crippen molar-refractivity contribution in [1.29, 1.82) is 0 Å². The van der Waals surface area contributed by atoms with Gasteiger partial charge >= 0.3 is 11.9 Å². The van der Waals surface area contributed by atoms with Crippen molar-refractivity contribution in [1.82, 2.24) is 4.90 Å². The van der Waals surface area contributed by atoms with Crippen molar-refractivity contribution in [2.75, 3.05) is 18.4 Å². The number of esters is 2. The van der Waals surface area contributed by atoms with Crippen molar-refractivity contribution in [3.05, 3.63) is 41.6 Å². The van der Waals surface area contributed by atoms with Crippen LogP contribution < -0.4 is 5.32 Å². The summed E-state index contributed by atoms with van der Waals surface area (Å²) in [5, 5.41) is 2.87. The molecule has 0 unspecified atom stereocenters.